The van der Waals surface area contributed by atoms with Gasteiger partial charge in [0, 0.05) is 18.2 Å². The predicted octanol–water partition coefficient (Wildman–Crippen LogP) is 1.23. The van der Waals surface area contributed by atoms with Crippen LogP contribution in [0.2, 0.25) is 0 Å². The van der Waals surface area contributed by atoms with Gasteiger partial charge in [-0.25, -0.2) is 12.8 Å². The van der Waals surface area contributed by atoms with Crippen LogP contribution in [0.5, 0.6) is 0 Å². The predicted molar refractivity (Wildman–Crippen MR) is 80.5 cm³/mol. The molecule has 122 valence electrons. The first-order valence-electron chi connectivity index (χ1n) is 7.19. The zero-order chi connectivity index (χ0) is 16.5. The molecule has 0 heterocycles. The second-order valence-corrected chi connectivity index (χ2v) is 7.78. The molecule has 22 heavy (non-hydrogen) atoms. The Labute approximate surface area is 129 Å². The molecule has 1 aliphatic rings. The van der Waals surface area contributed by atoms with Gasteiger partial charge in [0.1, 0.15) is 11.2 Å². The number of halogens is 1. The molecule has 0 aromatic heterocycles. The van der Waals surface area contributed by atoms with Crippen LogP contribution in [0.4, 0.5) is 4.39 Å². The van der Waals surface area contributed by atoms with Crippen LogP contribution in [0.15, 0.2) is 24.3 Å². The largest absolute Gasteiger partial charge is 0.465 e. The van der Waals surface area contributed by atoms with Gasteiger partial charge in [-0.2, -0.15) is 0 Å². The average molecular weight is 329 g/mol. The summed E-state index contributed by atoms with van der Waals surface area (Å²) in [6.45, 7) is 3.14. The summed E-state index contributed by atoms with van der Waals surface area (Å²) < 4.78 is 43.2. The van der Waals surface area contributed by atoms with Crippen LogP contribution in [0.3, 0.4) is 0 Å². The van der Waals surface area contributed by atoms with E-state index in [1.807, 2.05) is 0 Å². The van der Waals surface area contributed by atoms with E-state index in [0.29, 0.717) is 5.56 Å². The number of hydrogen-bond donors (Lipinski definition) is 1. The fourth-order valence-corrected chi connectivity index (χ4v) is 5.19. The topological polar surface area (TPSA) is 86.5 Å². The van der Waals surface area contributed by atoms with Gasteiger partial charge in [-0.3, -0.25) is 4.79 Å². The normalized spacial score (nSPS) is 27.5. The van der Waals surface area contributed by atoms with Crippen LogP contribution in [0.1, 0.15) is 25.3 Å². The van der Waals surface area contributed by atoms with Crippen LogP contribution in [-0.4, -0.2) is 38.5 Å². The highest BCUT2D eigenvalue weighted by atomic mass is 32.2. The van der Waals surface area contributed by atoms with Crippen molar-refractivity contribution in [1.29, 1.82) is 0 Å². The molecule has 2 N–H and O–H groups in total. The van der Waals surface area contributed by atoms with Crippen molar-refractivity contribution in [2.75, 3.05) is 18.9 Å². The molecule has 1 fully saturated rings. The van der Waals surface area contributed by atoms with E-state index in [-0.39, 0.29) is 18.9 Å². The van der Waals surface area contributed by atoms with Gasteiger partial charge in [0.2, 0.25) is 0 Å². The Morgan fingerprint density at radius 1 is 1.41 bits per heavy atom. The number of esters is 1. The molecule has 7 heteroatoms. The molecule has 5 nitrogen and oxygen atoms in total. The number of ether oxygens (including phenoxy) is 1. The van der Waals surface area contributed by atoms with E-state index in [1.54, 1.807) is 13.0 Å². The molecule has 1 saturated carbocycles. The molecular weight excluding hydrogens is 309 g/mol. The van der Waals surface area contributed by atoms with Crippen molar-refractivity contribution in [3.05, 3.63) is 35.6 Å². The number of hydrogen-bond acceptors (Lipinski definition) is 5. The number of carbonyl (C=O) groups excluding carboxylic acids is 1. The Morgan fingerprint density at radius 2 is 2.09 bits per heavy atom. The minimum absolute atomic E-state index is 0.107. The molecular formula is C15H20FNO4S. The number of sulfone groups is 1. The van der Waals surface area contributed by atoms with Crippen molar-refractivity contribution < 1.29 is 22.3 Å². The SMILES string of the molecule is CCOC(=O)[C@]1(CN)[C@@H](c2cccc(F)c2)[C@@H]1S(=O)(=O)CC. The first-order valence-corrected chi connectivity index (χ1v) is 8.91. The van der Waals surface area contributed by atoms with Gasteiger partial charge < -0.3 is 10.5 Å². The smallest absolute Gasteiger partial charge is 0.315 e. The fourth-order valence-electron chi connectivity index (χ4n) is 3.12. The molecule has 2 rings (SSSR count). The van der Waals surface area contributed by atoms with Crippen molar-refractivity contribution in [2.45, 2.75) is 25.0 Å². The van der Waals surface area contributed by atoms with Crippen LogP contribution in [0.25, 0.3) is 0 Å². The van der Waals surface area contributed by atoms with Gasteiger partial charge in [-0.1, -0.05) is 19.1 Å². The van der Waals surface area contributed by atoms with Gasteiger partial charge >= 0.3 is 5.97 Å². The Kier molecular flexibility index (Phi) is 4.58. The zero-order valence-corrected chi connectivity index (χ0v) is 13.4. The molecule has 0 bridgehead atoms. The first kappa shape index (κ1) is 16.9. The Morgan fingerprint density at radius 3 is 2.59 bits per heavy atom. The molecule has 0 radical (unpaired) electrons. The van der Waals surface area contributed by atoms with E-state index >= 15 is 0 Å². The van der Waals surface area contributed by atoms with E-state index in [4.69, 9.17) is 10.5 Å². The van der Waals surface area contributed by atoms with Crippen LogP contribution >= 0.6 is 0 Å². The lowest BCUT2D eigenvalue weighted by atomic mass is 9.99. The second-order valence-electron chi connectivity index (χ2n) is 5.37. The van der Waals surface area contributed by atoms with Gasteiger partial charge in [0.15, 0.2) is 9.84 Å². The van der Waals surface area contributed by atoms with Gasteiger partial charge in [-0.15, -0.1) is 0 Å². The van der Waals surface area contributed by atoms with E-state index in [9.17, 15) is 17.6 Å². The summed E-state index contributed by atoms with van der Waals surface area (Å²) >= 11 is 0. The summed E-state index contributed by atoms with van der Waals surface area (Å²) in [6.07, 6.45) is 0. The summed E-state index contributed by atoms with van der Waals surface area (Å²) in [5, 5.41) is -0.962. The minimum Gasteiger partial charge on any atom is -0.465 e. The van der Waals surface area contributed by atoms with Crippen molar-refractivity contribution in [3.63, 3.8) is 0 Å². The van der Waals surface area contributed by atoms with Crippen molar-refractivity contribution in [2.24, 2.45) is 11.1 Å². The maximum atomic E-state index is 13.5. The number of nitrogens with two attached hydrogens (primary N) is 1. The summed E-state index contributed by atoms with van der Waals surface area (Å²) in [6, 6.07) is 5.62. The molecule has 3 atom stereocenters. The molecule has 1 aliphatic carbocycles. The summed E-state index contributed by atoms with van der Waals surface area (Å²) in [7, 11) is -3.52. The van der Waals surface area contributed by atoms with Crippen LogP contribution < -0.4 is 5.73 Å². The first-order chi connectivity index (χ1) is 10.3. The minimum atomic E-state index is -3.52. The van der Waals surface area contributed by atoms with Gasteiger partial charge in [0.25, 0.3) is 0 Å². The third-order valence-corrected chi connectivity index (χ3v) is 6.52. The van der Waals surface area contributed by atoms with Crippen LogP contribution in [-0.2, 0) is 19.4 Å². The maximum Gasteiger partial charge on any atom is 0.315 e. The monoisotopic (exact) mass is 329 g/mol. The number of carbonyl (C=O) groups is 1. The second kappa shape index (κ2) is 5.96. The van der Waals surface area contributed by atoms with Crippen molar-refractivity contribution in [1.82, 2.24) is 0 Å². The Bertz CT molecular complexity index is 676. The fraction of sp³-hybridized carbons (Fsp3) is 0.533. The van der Waals surface area contributed by atoms with Gasteiger partial charge in [0.05, 0.1) is 11.9 Å². The highest BCUT2D eigenvalue weighted by molar-refractivity contribution is 7.92. The van der Waals surface area contributed by atoms with Crippen molar-refractivity contribution >= 4 is 15.8 Å². The maximum absolute atomic E-state index is 13.5. The molecule has 0 saturated heterocycles. The highest BCUT2D eigenvalue weighted by Gasteiger charge is 2.75. The van der Waals surface area contributed by atoms with E-state index < -0.39 is 38.2 Å². The van der Waals surface area contributed by atoms with E-state index in [1.165, 1.54) is 25.1 Å². The van der Waals surface area contributed by atoms with Gasteiger partial charge in [-0.05, 0) is 24.6 Å². The lowest BCUT2D eigenvalue weighted by molar-refractivity contribution is -0.149. The lowest BCUT2D eigenvalue weighted by Crippen LogP contribution is -2.34. The summed E-state index contributed by atoms with van der Waals surface area (Å²) in [5.74, 6) is -1.89. The molecule has 0 spiro atoms. The molecule has 1 aromatic rings. The third-order valence-electron chi connectivity index (χ3n) is 4.25. The Hall–Kier alpha value is -1.47. The van der Waals surface area contributed by atoms with Crippen molar-refractivity contribution in [3.8, 4) is 0 Å². The molecule has 0 aliphatic heterocycles. The lowest BCUT2D eigenvalue weighted by Gasteiger charge is -2.14. The quantitative estimate of drug-likeness (QED) is 0.793. The standard InChI is InChI=1S/C15H20FNO4S/c1-3-21-14(18)15(9-17)12(13(15)22(19,20)4-2)10-6-5-7-11(16)8-10/h5-8,12-13H,3-4,9,17H2,1-2H3/t12-,13-,15+/m0/s1. The highest BCUT2D eigenvalue weighted by Crippen LogP contribution is 2.63. The van der Waals surface area contributed by atoms with Crippen LogP contribution in [0, 0.1) is 11.2 Å². The van der Waals surface area contributed by atoms with E-state index in [0.717, 1.165) is 0 Å². The third kappa shape index (κ3) is 2.52. The molecule has 0 amide bonds. The number of benzene rings is 1. The average Bonchev–Trinajstić information content (AvgIpc) is 3.19. The number of rotatable bonds is 6. The summed E-state index contributed by atoms with van der Waals surface area (Å²) in [4.78, 5) is 12.3. The zero-order valence-electron chi connectivity index (χ0n) is 12.6. The molecule has 1 aromatic carbocycles. The molecule has 0 unspecified atom stereocenters. The summed E-state index contributed by atoms with van der Waals surface area (Å²) in [5.41, 5.74) is 4.89. The van der Waals surface area contributed by atoms with E-state index in [2.05, 4.69) is 0 Å². The Balaban J connectivity index is 2.52.